The Morgan fingerprint density at radius 2 is 2.00 bits per heavy atom. The third kappa shape index (κ3) is 2.73. The van der Waals surface area contributed by atoms with Gasteiger partial charge in [0.05, 0.1) is 6.20 Å². The highest BCUT2D eigenvalue weighted by molar-refractivity contribution is 5.65. The van der Waals surface area contributed by atoms with Crippen LogP contribution in [0.3, 0.4) is 0 Å². The molecule has 2 rings (SSSR count). The number of nitrogens with zero attached hydrogens (tertiary/aromatic N) is 2. The number of rotatable bonds is 2. The summed E-state index contributed by atoms with van der Waals surface area (Å²) < 4.78 is 41.6. The highest BCUT2D eigenvalue weighted by Crippen LogP contribution is 2.34. The Kier molecular flexibility index (Phi) is 2.90. The van der Waals surface area contributed by atoms with Crippen molar-refractivity contribution < 1.29 is 23.0 Å². The SMILES string of the molecule is Cn1cc(-c2ccc(O)c(OC(F)(F)F)c2)cn1. The van der Waals surface area contributed by atoms with E-state index in [1.165, 1.54) is 16.9 Å². The summed E-state index contributed by atoms with van der Waals surface area (Å²) in [6.45, 7) is 0. The molecule has 0 bridgehead atoms. The fraction of sp³-hybridized carbons (Fsp3) is 0.182. The number of aromatic nitrogens is 2. The molecule has 4 nitrogen and oxygen atoms in total. The van der Waals surface area contributed by atoms with E-state index in [0.717, 1.165) is 12.1 Å². The Morgan fingerprint density at radius 1 is 1.28 bits per heavy atom. The molecule has 0 radical (unpaired) electrons. The number of halogens is 3. The molecule has 0 amide bonds. The minimum atomic E-state index is -4.84. The van der Waals surface area contributed by atoms with Gasteiger partial charge in [-0.25, -0.2) is 0 Å². The van der Waals surface area contributed by atoms with E-state index >= 15 is 0 Å². The molecule has 0 saturated heterocycles. The van der Waals surface area contributed by atoms with E-state index in [4.69, 9.17) is 0 Å². The van der Waals surface area contributed by atoms with Gasteiger partial charge in [-0.3, -0.25) is 4.68 Å². The summed E-state index contributed by atoms with van der Waals surface area (Å²) in [5, 5.41) is 13.2. The first kappa shape index (κ1) is 12.3. The van der Waals surface area contributed by atoms with Crippen LogP contribution in [0.4, 0.5) is 13.2 Å². The van der Waals surface area contributed by atoms with Crippen molar-refractivity contribution in [3.63, 3.8) is 0 Å². The summed E-state index contributed by atoms with van der Waals surface area (Å²) in [5.41, 5.74) is 1.10. The van der Waals surface area contributed by atoms with Crippen LogP contribution in [0, 0.1) is 0 Å². The highest BCUT2D eigenvalue weighted by Gasteiger charge is 2.32. The van der Waals surface area contributed by atoms with Crippen molar-refractivity contribution in [1.82, 2.24) is 9.78 Å². The van der Waals surface area contributed by atoms with Crippen LogP contribution in [0.5, 0.6) is 11.5 Å². The maximum atomic E-state index is 12.1. The Hall–Kier alpha value is -2.18. The van der Waals surface area contributed by atoms with Crippen molar-refractivity contribution >= 4 is 0 Å². The smallest absolute Gasteiger partial charge is 0.504 e. The van der Waals surface area contributed by atoms with Gasteiger partial charge in [0.1, 0.15) is 0 Å². The van der Waals surface area contributed by atoms with Crippen molar-refractivity contribution in [2.45, 2.75) is 6.36 Å². The van der Waals surface area contributed by atoms with Crippen LogP contribution in [0.2, 0.25) is 0 Å². The number of alkyl halides is 3. The summed E-state index contributed by atoms with van der Waals surface area (Å²) in [5.74, 6) is -1.20. The monoisotopic (exact) mass is 258 g/mol. The molecule has 0 aliphatic carbocycles. The Morgan fingerprint density at radius 3 is 2.56 bits per heavy atom. The first-order valence-corrected chi connectivity index (χ1v) is 4.93. The van der Waals surface area contributed by atoms with Gasteiger partial charge >= 0.3 is 6.36 Å². The van der Waals surface area contributed by atoms with Crippen molar-refractivity contribution in [2.75, 3.05) is 0 Å². The maximum absolute atomic E-state index is 12.1. The fourth-order valence-electron chi connectivity index (χ4n) is 1.47. The van der Waals surface area contributed by atoms with Gasteiger partial charge in [0.25, 0.3) is 0 Å². The Labute approximate surface area is 100 Å². The normalized spacial score (nSPS) is 11.6. The molecule has 7 heteroatoms. The third-order valence-electron chi connectivity index (χ3n) is 2.22. The van der Waals surface area contributed by atoms with E-state index in [1.807, 2.05) is 0 Å². The van der Waals surface area contributed by atoms with Crippen molar-refractivity contribution in [3.8, 4) is 22.6 Å². The van der Waals surface area contributed by atoms with Crippen molar-refractivity contribution in [1.29, 1.82) is 0 Å². The van der Waals surface area contributed by atoms with Gasteiger partial charge < -0.3 is 9.84 Å². The molecule has 0 saturated carbocycles. The molecule has 0 atom stereocenters. The number of aryl methyl sites for hydroxylation is 1. The molecule has 0 aliphatic heterocycles. The molecule has 1 N–H and O–H groups in total. The molecule has 0 aliphatic rings. The lowest BCUT2D eigenvalue weighted by Crippen LogP contribution is -2.17. The average Bonchev–Trinajstić information content (AvgIpc) is 2.66. The molecule has 18 heavy (non-hydrogen) atoms. The third-order valence-corrected chi connectivity index (χ3v) is 2.22. The van der Waals surface area contributed by atoms with Crippen LogP contribution in [0.1, 0.15) is 0 Å². The standard InChI is InChI=1S/C11H9F3N2O2/c1-16-6-8(5-15-16)7-2-3-9(17)10(4-7)18-11(12,13)14/h2-6,17H,1H3. The molecular formula is C11H9F3N2O2. The number of phenolic OH excluding ortho intramolecular Hbond substituents is 1. The van der Waals surface area contributed by atoms with Gasteiger partial charge in [0, 0.05) is 18.8 Å². The summed E-state index contributed by atoms with van der Waals surface area (Å²) in [6.07, 6.45) is -1.70. The number of phenols is 1. The molecule has 0 spiro atoms. The fourth-order valence-corrected chi connectivity index (χ4v) is 1.47. The first-order valence-electron chi connectivity index (χ1n) is 4.93. The van der Waals surface area contributed by atoms with E-state index in [1.54, 1.807) is 13.2 Å². The van der Waals surface area contributed by atoms with Gasteiger partial charge in [-0.05, 0) is 17.7 Å². The largest absolute Gasteiger partial charge is 0.573 e. The molecule has 1 aromatic heterocycles. The van der Waals surface area contributed by atoms with Crippen LogP contribution < -0.4 is 4.74 Å². The minimum Gasteiger partial charge on any atom is -0.504 e. The van der Waals surface area contributed by atoms with Crippen LogP contribution in [-0.2, 0) is 7.05 Å². The van der Waals surface area contributed by atoms with E-state index in [9.17, 15) is 18.3 Å². The van der Waals surface area contributed by atoms with Crippen LogP contribution in [0.25, 0.3) is 11.1 Å². The van der Waals surface area contributed by atoms with Gasteiger partial charge in [-0.1, -0.05) is 6.07 Å². The first-order chi connectivity index (χ1) is 8.35. The summed E-state index contributed by atoms with van der Waals surface area (Å²) in [4.78, 5) is 0. The topological polar surface area (TPSA) is 47.3 Å². The summed E-state index contributed by atoms with van der Waals surface area (Å²) >= 11 is 0. The summed E-state index contributed by atoms with van der Waals surface area (Å²) in [6, 6.07) is 3.73. The van der Waals surface area contributed by atoms with Crippen LogP contribution >= 0.6 is 0 Å². The number of ether oxygens (including phenoxy) is 1. The molecular weight excluding hydrogens is 249 g/mol. The van der Waals surface area contributed by atoms with Gasteiger partial charge in [0.15, 0.2) is 11.5 Å². The zero-order valence-electron chi connectivity index (χ0n) is 9.27. The molecule has 1 aromatic carbocycles. The Balaban J connectivity index is 2.37. The zero-order chi connectivity index (χ0) is 13.3. The van der Waals surface area contributed by atoms with Crippen molar-refractivity contribution in [2.24, 2.45) is 7.05 Å². The highest BCUT2D eigenvalue weighted by atomic mass is 19.4. The van der Waals surface area contributed by atoms with Gasteiger partial charge in [-0.15, -0.1) is 13.2 Å². The number of benzene rings is 1. The van der Waals surface area contributed by atoms with Crippen LogP contribution in [-0.4, -0.2) is 21.2 Å². The second kappa shape index (κ2) is 4.25. The second-order valence-electron chi connectivity index (χ2n) is 3.63. The average molecular weight is 258 g/mol. The molecule has 2 aromatic rings. The maximum Gasteiger partial charge on any atom is 0.573 e. The zero-order valence-corrected chi connectivity index (χ0v) is 9.27. The molecule has 1 heterocycles. The quantitative estimate of drug-likeness (QED) is 0.900. The predicted molar refractivity (Wildman–Crippen MR) is 57.0 cm³/mol. The van der Waals surface area contributed by atoms with Gasteiger partial charge in [-0.2, -0.15) is 5.10 Å². The van der Waals surface area contributed by atoms with Crippen LogP contribution in [0.15, 0.2) is 30.6 Å². The summed E-state index contributed by atoms with van der Waals surface area (Å²) in [7, 11) is 1.69. The number of aromatic hydroxyl groups is 1. The van der Waals surface area contributed by atoms with Crippen molar-refractivity contribution in [3.05, 3.63) is 30.6 Å². The predicted octanol–water partition coefficient (Wildman–Crippen LogP) is 2.69. The second-order valence-corrected chi connectivity index (χ2v) is 3.63. The Bertz CT molecular complexity index is 564. The van der Waals surface area contributed by atoms with E-state index in [0.29, 0.717) is 11.1 Å². The number of hydrogen-bond donors (Lipinski definition) is 1. The molecule has 0 fully saturated rings. The number of hydrogen-bond acceptors (Lipinski definition) is 3. The lowest BCUT2D eigenvalue weighted by Gasteiger charge is -2.11. The molecule has 96 valence electrons. The molecule has 0 unspecified atom stereocenters. The van der Waals surface area contributed by atoms with E-state index in [2.05, 4.69) is 9.84 Å². The lowest BCUT2D eigenvalue weighted by molar-refractivity contribution is -0.275. The van der Waals surface area contributed by atoms with Gasteiger partial charge in [0.2, 0.25) is 0 Å². The lowest BCUT2D eigenvalue weighted by atomic mass is 10.1. The van der Waals surface area contributed by atoms with E-state index in [-0.39, 0.29) is 0 Å². The van der Waals surface area contributed by atoms with E-state index < -0.39 is 17.9 Å². The minimum absolute atomic E-state index is 0.472.